The number of aromatic nitrogens is 2. The summed E-state index contributed by atoms with van der Waals surface area (Å²) >= 11 is 7.07. The predicted molar refractivity (Wildman–Crippen MR) is 95.1 cm³/mol. The lowest BCUT2D eigenvalue weighted by Gasteiger charge is -2.12. The van der Waals surface area contributed by atoms with Crippen LogP contribution in [0.1, 0.15) is 33.6 Å². The number of thioether (sulfide) groups is 1. The van der Waals surface area contributed by atoms with Gasteiger partial charge in [-0.1, -0.05) is 44.1 Å². The van der Waals surface area contributed by atoms with Crippen LogP contribution in [0.4, 0.5) is 11.4 Å². The molecule has 0 unspecified atom stereocenters. The van der Waals surface area contributed by atoms with Crippen LogP contribution in [0.25, 0.3) is 0 Å². The Labute approximate surface area is 153 Å². The van der Waals surface area contributed by atoms with Crippen molar-refractivity contribution in [3.05, 3.63) is 39.2 Å². The zero-order valence-corrected chi connectivity index (χ0v) is 15.6. The molecule has 0 fully saturated rings. The van der Waals surface area contributed by atoms with Crippen molar-refractivity contribution in [3.8, 4) is 0 Å². The Balaban J connectivity index is 2.07. The summed E-state index contributed by atoms with van der Waals surface area (Å²) in [7, 11) is 0. The molecule has 1 N–H and O–H groups in total. The normalized spacial score (nSPS) is 12.7. The van der Waals surface area contributed by atoms with Gasteiger partial charge in [0.25, 0.3) is 10.9 Å². The Kier molecular flexibility index (Phi) is 5.69. The third-order valence-corrected chi connectivity index (χ3v) is 4.38. The maximum atomic E-state index is 12.3. The molecule has 134 valence electrons. The lowest BCUT2D eigenvalue weighted by Crippen LogP contribution is -2.22. The topological polar surface area (TPSA) is 111 Å². The highest BCUT2D eigenvalue weighted by atomic mass is 35.5. The van der Waals surface area contributed by atoms with Gasteiger partial charge in [0, 0.05) is 17.5 Å². The lowest BCUT2D eigenvalue weighted by atomic mass is 9.97. The summed E-state index contributed by atoms with van der Waals surface area (Å²) < 4.78 is 5.54. The number of nitro groups is 1. The molecule has 10 heteroatoms. The van der Waals surface area contributed by atoms with Crippen LogP contribution in [0, 0.1) is 10.1 Å². The number of non-ortho nitro benzene ring substituents is 1. The first-order valence-corrected chi connectivity index (χ1v) is 8.59. The van der Waals surface area contributed by atoms with E-state index in [9.17, 15) is 14.9 Å². The molecule has 0 aliphatic rings. The van der Waals surface area contributed by atoms with E-state index in [0.717, 1.165) is 11.8 Å². The highest BCUT2D eigenvalue weighted by molar-refractivity contribution is 8.00. The molecule has 1 atom stereocenters. The third-order valence-electron chi connectivity index (χ3n) is 3.11. The molecule has 1 aromatic carbocycles. The molecule has 0 aliphatic heterocycles. The number of benzene rings is 1. The van der Waals surface area contributed by atoms with E-state index in [1.165, 1.54) is 18.2 Å². The minimum atomic E-state index is -0.566. The molecule has 0 bridgehead atoms. The second kappa shape index (κ2) is 7.40. The van der Waals surface area contributed by atoms with Gasteiger partial charge in [0.05, 0.1) is 20.9 Å². The van der Waals surface area contributed by atoms with Gasteiger partial charge < -0.3 is 9.73 Å². The van der Waals surface area contributed by atoms with E-state index >= 15 is 0 Å². The molecule has 0 spiro atoms. The molecule has 1 amide bonds. The van der Waals surface area contributed by atoms with Crippen molar-refractivity contribution >= 4 is 40.6 Å². The van der Waals surface area contributed by atoms with Crippen LogP contribution in [0.5, 0.6) is 0 Å². The molecular weight excluding hydrogens is 368 g/mol. The van der Waals surface area contributed by atoms with Gasteiger partial charge >= 0.3 is 0 Å². The summed E-state index contributed by atoms with van der Waals surface area (Å²) in [5.41, 5.74) is -0.269. The van der Waals surface area contributed by atoms with Crippen molar-refractivity contribution in [2.45, 2.75) is 43.6 Å². The lowest BCUT2D eigenvalue weighted by molar-refractivity contribution is -0.384. The largest absolute Gasteiger partial charge is 0.415 e. The van der Waals surface area contributed by atoms with Crippen molar-refractivity contribution in [2.24, 2.45) is 0 Å². The standard InChI is InChI=1S/C15H17ClN4O4S/c1-8(25-14-19-18-13(24-14)15(2,3)4)12(21)17-11-7-9(20(22)23)5-6-10(11)16/h5-8H,1-4H3,(H,17,21)/t8-/m1/s1. The van der Waals surface area contributed by atoms with Crippen molar-refractivity contribution in [1.82, 2.24) is 10.2 Å². The number of carbonyl (C=O) groups is 1. The average Bonchev–Trinajstić information content (AvgIpc) is 2.97. The van der Waals surface area contributed by atoms with Gasteiger partial charge in [-0.3, -0.25) is 14.9 Å². The molecule has 8 nitrogen and oxygen atoms in total. The fourth-order valence-corrected chi connectivity index (χ4v) is 2.57. The monoisotopic (exact) mass is 384 g/mol. The third kappa shape index (κ3) is 4.93. The maximum absolute atomic E-state index is 12.3. The van der Waals surface area contributed by atoms with Gasteiger partial charge in [-0.25, -0.2) is 0 Å². The van der Waals surface area contributed by atoms with E-state index in [-0.39, 0.29) is 32.9 Å². The zero-order chi connectivity index (χ0) is 18.8. The Morgan fingerprint density at radius 1 is 1.40 bits per heavy atom. The molecule has 0 saturated heterocycles. The van der Waals surface area contributed by atoms with Gasteiger partial charge in [0.1, 0.15) is 0 Å². The number of halogens is 1. The number of hydrogen-bond acceptors (Lipinski definition) is 7. The highest BCUT2D eigenvalue weighted by Crippen LogP contribution is 2.30. The summed E-state index contributed by atoms with van der Waals surface area (Å²) in [6, 6.07) is 3.84. The molecule has 2 rings (SSSR count). The fraction of sp³-hybridized carbons (Fsp3) is 0.400. The number of anilines is 1. The van der Waals surface area contributed by atoms with Gasteiger partial charge in [-0.05, 0) is 13.0 Å². The maximum Gasteiger partial charge on any atom is 0.277 e. The first-order valence-electron chi connectivity index (χ1n) is 7.33. The summed E-state index contributed by atoms with van der Waals surface area (Å²) in [4.78, 5) is 22.6. The number of nitrogens with one attached hydrogen (secondary N) is 1. The minimum absolute atomic E-state index is 0.160. The highest BCUT2D eigenvalue weighted by Gasteiger charge is 2.24. The van der Waals surface area contributed by atoms with Crippen LogP contribution in [0.3, 0.4) is 0 Å². The van der Waals surface area contributed by atoms with Crippen LogP contribution in [-0.4, -0.2) is 26.3 Å². The Morgan fingerprint density at radius 2 is 2.08 bits per heavy atom. The van der Waals surface area contributed by atoms with Crippen LogP contribution >= 0.6 is 23.4 Å². The Hall–Kier alpha value is -2.13. The number of carbonyl (C=O) groups excluding carboxylic acids is 1. The van der Waals surface area contributed by atoms with Gasteiger partial charge in [-0.15, -0.1) is 10.2 Å². The van der Waals surface area contributed by atoms with Crippen molar-refractivity contribution in [1.29, 1.82) is 0 Å². The molecule has 1 aromatic heterocycles. The first-order chi connectivity index (χ1) is 11.6. The molecule has 1 heterocycles. The van der Waals surface area contributed by atoms with Gasteiger partial charge in [0.15, 0.2) is 0 Å². The SMILES string of the molecule is C[C@@H](Sc1nnc(C(C)(C)C)o1)C(=O)Nc1cc([N+](=O)[O-])ccc1Cl. The van der Waals surface area contributed by atoms with Crippen LogP contribution in [0.2, 0.25) is 5.02 Å². The summed E-state index contributed by atoms with van der Waals surface area (Å²) in [5, 5.41) is 21.2. The average molecular weight is 385 g/mol. The number of nitrogens with zero attached hydrogens (tertiary/aromatic N) is 3. The molecule has 0 saturated carbocycles. The van der Waals surface area contributed by atoms with Crippen molar-refractivity contribution < 1.29 is 14.1 Å². The number of amides is 1. The van der Waals surface area contributed by atoms with E-state index in [0.29, 0.717) is 5.89 Å². The summed E-state index contributed by atoms with van der Waals surface area (Å²) in [6.07, 6.45) is 0. The fourth-order valence-electron chi connectivity index (χ4n) is 1.72. The van der Waals surface area contributed by atoms with Gasteiger partial charge in [-0.2, -0.15) is 0 Å². The number of nitro benzene ring substituents is 1. The van der Waals surface area contributed by atoms with E-state index in [1.807, 2.05) is 20.8 Å². The van der Waals surface area contributed by atoms with E-state index < -0.39 is 10.2 Å². The Bertz CT molecular complexity index is 803. The molecule has 2 aromatic rings. The first kappa shape index (κ1) is 19.2. The Morgan fingerprint density at radius 3 is 2.64 bits per heavy atom. The van der Waals surface area contributed by atoms with Gasteiger partial charge in [0.2, 0.25) is 11.8 Å². The van der Waals surface area contributed by atoms with E-state index in [1.54, 1.807) is 6.92 Å². The summed E-state index contributed by atoms with van der Waals surface area (Å²) in [5.74, 6) is 0.0900. The smallest absolute Gasteiger partial charge is 0.277 e. The van der Waals surface area contributed by atoms with E-state index in [4.69, 9.17) is 16.0 Å². The summed E-state index contributed by atoms with van der Waals surface area (Å²) in [6.45, 7) is 7.48. The second-order valence-corrected chi connectivity index (χ2v) is 7.99. The predicted octanol–water partition coefficient (Wildman–Crippen LogP) is 4.05. The van der Waals surface area contributed by atoms with Crippen molar-refractivity contribution in [2.75, 3.05) is 5.32 Å². The quantitative estimate of drug-likeness (QED) is 0.470. The van der Waals surface area contributed by atoms with Crippen LogP contribution in [0.15, 0.2) is 27.8 Å². The van der Waals surface area contributed by atoms with E-state index in [2.05, 4.69) is 15.5 Å². The molecule has 0 aliphatic carbocycles. The molecular formula is C15H17ClN4O4S. The number of rotatable bonds is 5. The van der Waals surface area contributed by atoms with Crippen LogP contribution in [-0.2, 0) is 10.2 Å². The number of hydrogen-bond donors (Lipinski definition) is 1. The zero-order valence-electron chi connectivity index (χ0n) is 14.1. The van der Waals surface area contributed by atoms with Crippen LogP contribution < -0.4 is 5.32 Å². The molecule has 0 radical (unpaired) electrons. The molecule has 25 heavy (non-hydrogen) atoms. The van der Waals surface area contributed by atoms with Crippen molar-refractivity contribution in [3.63, 3.8) is 0 Å². The second-order valence-electron chi connectivity index (χ2n) is 6.29. The minimum Gasteiger partial charge on any atom is -0.415 e.